The van der Waals surface area contributed by atoms with E-state index in [1.807, 2.05) is 30.3 Å². The van der Waals surface area contributed by atoms with Gasteiger partial charge in [0, 0.05) is 31.6 Å². The second-order valence-corrected chi connectivity index (χ2v) is 8.89. The number of pyridine rings is 1. The molecule has 2 aliphatic heterocycles. The summed E-state index contributed by atoms with van der Waals surface area (Å²) < 4.78 is 0. The van der Waals surface area contributed by atoms with Gasteiger partial charge in [0.25, 0.3) is 5.91 Å². The standard InChI is InChI=1S/C23H31N3O/c1-16-7-6-10-25(13-16)22-12-20(19-8-4-5-9-21(19)24-22)23(27)26-14-17(2)11-18(3)15-26/h4-5,8-9,12,16-18H,6-7,10-11,13-15H2,1-3H3. The average molecular weight is 366 g/mol. The summed E-state index contributed by atoms with van der Waals surface area (Å²) in [6.45, 7) is 10.6. The van der Waals surface area contributed by atoms with Crippen molar-refractivity contribution >= 4 is 22.6 Å². The summed E-state index contributed by atoms with van der Waals surface area (Å²) in [7, 11) is 0. The summed E-state index contributed by atoms with van der Waals surface area (Å²) in [6, 6.07) is 10.1. The van der Waals surface area contributed by atoms with Crippen LogP contribution in [0.5, 0.6) is 0 Å². The summed E-state index contributed by atoms with van der Waals surface area (Å²) in [5, 5.41) is 0.974. The van der Waals surface area contributed by atoms with Gasteiger partial charge in [-0.25, -0.2) is 4.98 Å². The third-order valence-electron chi connectivity index (χ3n) is 6.07. The van der Waals surface area contributed by atoms with E-state index in [9.17, 15) is 4.79 Å². The molecule has 1 amide bonds. The predicted octanol–water partition coefficient (Wildman–Crippen LogP) is 4.59. The Bertz CT molecular complexity index is 823. The van der Waals surface area contributed by atoms with E-state index >= 15 is 0 Å². The summed E-state index contributed by atoms with van der Waals surface area (Å²) in [4.78, 5) is 22.8. The first-order valence-electron chi connectivity index (χ1n) is 10.4. The number of amides is 1. The van der Waals surface area contributed by atoms with Gasteiger partial charge in [-0.3, -0.25) is 4.79 Å². The molecule has 2 saturated heterocycles. The zero-order valence-corrected chi connectivity index (χ0v) is 16.8. The van der Waals surface area contributed by atoms with Crippen molar-refractivity contribution in [3.8, 4) is 0 Å². The van der Waals surface area contributed by atoms with Crippen molar-refractivity contribution in [1.82, 2.24) is 9.88 Å². The Morgan fingerprint density at radius 2 is 1.78 bits per heavy atom. The third kappa shape index (κ3) is 3.80. The monoisotopic (exact) mass is 365 g/mol. The molecule has 3 atom stereocenters. The Hall–Kier alpha value is -2.10. The molecule has 3 heterocycles. The van der Waals surface area contributed by atoms with E-state index in [0.29, 0.717) is 17.8 Å². The SMILES string of the molecule is CC1CC(C)CN(C(=O)c2cc(N3CCCC(C)C3)nc3ccccc23)C1. The van der Waals surface area contributed by atoms with E-state index in [-0.39, 0.29) is 5.91 Å². The zero-order chi connectivity index (χ0) is 19.0. The maximum atomic E-state index is 13.5. The summed E-state index contributed by atoms with van der Waals surface area (Å²) >= 11 is 0. The van der Waals surface area contributed by atoms with Crippen LogP contribution in [0.2, 0.25) is 0 Å². The van der Waals surface area contributed by atoms with Crippen LogP contribution in [-0.2, 0) is 0 Å². The molecule has 0 radical (unpaired) electrons. The quantitative estimate of drug-likeness (QED) is 0.781. The molecule has 27 heavy (non-hydrogen) atoms. The van der Waals surface area contributed by atoms with Gasteiger partial charge >= 0.3 is 0 Å². The van der Waals surface area contributed by atoms with Crippen LogP contribution in [-0.4, -0.2) is 42.0 Å². The number of hydrogen-bond donors (Lipinski definition) is 0. The van der Waals surface area contributed by atoms with Crippen molar-refractivity contribution in [3.63, 3.8) is 0 Å². The molecule has 1 aromatic heterocycles. The smallest absolute Gasteiger partial charge is 0.254 e. The van der Waals surface area contributed by atoms with Gasteiger partial charge in [-0.2, -0.15) is 0 Å². The number of fused-ring (bicyclic) bond motifs is 1. The van der Waals surface area contributed by atoms with Crippen LogP contribution in [0, 0.1) is 17.8 Å². The Morgan fingerprint density at radius 1 is 1.04 bits per heavy atom. The lowest BCUT2D eigenvalue weighted by molar-refractivity contribution is 0.0625. The van der Waals surface area contributed by atoms with Gasteiger partial charge in [0.2, 0.25) is 0 Å². The molecular weight excluding hydrogens is 334 g/mol. The first-order valence-corrected chi connectivity index (χ1v) is 10.4. The van der Waals surface area contributed by atoms with Crippen LogP contribution in [0.1, 0.15) is 50.4 Å². The molecule has 1 aromatic carbocycles. The number of benzene rings is 1. The first kappa shape index (κ1) is 18.3. The fraction of sp³-hybridized carbons (Fsp3) is 0.565. The van der Waals surface area contributed by atoms with Crippen molar-refractivity contribution in [3.05, 3.63) is 35.9 Å². The zero-order valence-electron chi connectivity index (χ0n) is 16.8. The van der Waals surface area contributed by atoms with Crippen LogP contribution in [0.3, 0.4) is 0 Å². The number of likely N-dealkylation sites (tertiary alicyclic amines) is 1. The average Bonchev–Trinajstić information content (AvgIpc) is 2.66. The Balaban J connectivity index is 1.73. The highest BCUT2D eigenvalue weighted by Gasteiger charge is 2.28. The molecule has 4 nitrogen and oxygen atoms in total. The molecule has 0 aliphatic carbocycles. The summed E-state index contributed by atoms with van der Waals surface area (Å²) in [6.07, 6.45) is 3.68. The molecule has 2 fully saturated rings. The maximum absolute atomic E-state index is 13.5. The topological polar surface area (TPSA) is 36.4 Å². The number of aromatic nitrogens is 1. The third-order valence-corrected chi connectivity index (χ3v) is 6.07. The predicted molar refractivity (Wildman–Crippen MR) is 111 cm³/mol. The highest BCUT2D eigenvalue weighted by Crippen LogP contribution is 2.29. The van der Waals surface area contributed by atoms with Crippen LogP contribution in [0.15, 0.2) is 30.3 Å². The molecule has 0 saturated carbocycles. The molecule has 144 valence electrons. The molecule has 4 heteroatoms. The van der Waals surface area contributed by atoms with Gasteiger partial charge in [-0.1, -0.05) is 39.0 Å². The molecule has 0 N–H and O–H groups in total. The number of piperidine rings is 2. The van der Waals surface area contributed by atoms with Crippen LogP contribution in [0.25, 0.3) is 10.9 Å². The Kier molecular flexibility index (Phi) is 5.07. The Labute approximate surface area is 162 Å². The highest BCUT2D eigenvalue weighted by molar-refractivity contribution is 6.07. The van der Waals surface area contributed by atoms with Gasteiger partial charge < -0.3 is 9.80 Å². The van der Waals surface area contributed by atoms with Crippen molar-refractivity contribution in [2.45, 2.75) is 40.0 Å². The first-order chi connectivity index (χ1) is 13.0. The molecule has 2 aromatic rings. The number of carbonyl (C=O) groups excluding carboxylic acids is 1. The van der Waals surface area contributed by atoms with Gasteiger partial charge in [0.05, 0.1) is 11.1 Å². The van der Waals surface area contributed by atoms with Crippen molar-refractivity contribution < 1.29 is 4.79 Å². The van der Waals surface area contributed by atoms with E-state index in [1.165, 1.54) is 19.3 Å². The maximum Gasteiger partial charge on any atom is 0.254 e. The molecule has 0 spiro atoms. The lowest BCUT2D eigenvalue weighted by Crippen LogP contribution is -2.42. The number of para-hydroxylation sites is 1. The summed E-state index contributed by atoms with van der Waals surface area (Å²) in [5.74, 6) is 2.93. The molecular formula is C23H31N3O. The van der Waals surface area contributed by atoms with Gasteiger partial charge in [0.15, 0.2) is 0 Å². The minimum absolute atomic E-state index is 0.165. The fourth-order valence-corrected chi connectivity index (χ4v) is 4.90. The van der Waals surface area contributed by atoms with Crippen LogP contribution < -0.4 is 4.90 Å². The lowest BCUT2D eigenvalue weighted by atomic mass is 9.91. The van der Waals surface area contributed by atoms with E-state index in [2.05, 4.69) is 30.6 Å². The number of nitrogens with zero attached hydrogens (tertiary/aromatic N) is 3. The second-order valence-electron chi connectivity index (χ2n) is 8.89. The number of anilines is 1. The van der Waals surface area contributed by atoms with E-state index in [4.69, 9.17) is 4.98 Å². The van der Waals surface area contributed by atoms with Crippen molar-refractivity contribution in [1.29, 1.82) is 0 Å². The highest BCUT2D eigenvalue weighted by atomic mass is 16.2. The van der Waals surface area contributed by atoms with Gasteiger partial charge in [-0.05, 0) is 49.1 Å². The molecule has 2 aliphatic rings. The van der Waals surface area contributed by atoms with Gasteiger partial charge in [-0.15, -0.1) is 0 Å². The second kappa shape index (κ2) is 7.49. The fourth-order valence-electron chi connectivity index (χ4n) is 4.90. The molecule has 4 rings (SSSR count). The minimum atomic E-state index is 0.165. The van der Waals surface area contributed by atoms with Crippen LogP contribution >= 0.6 is 0 Å². The van der Waals surface area contributed by atoms with Crippen molar-refractivity contribution in [2.24, 2.45) is 17.8 Å². The van der Waals surface area contributed by atoms with E-state index in [1.54, 1.807) is 0 Å². The molecule has 3 unspecified atom stereocenters. The minimum Gasteiger partial charge on any atom is -0.356 e. The molecule has 0 bridgehead atoms. The van der Waals surface area contributed by atoms with Crippen molar-refractivity contribution in [2.75, 3.05) is 31.1 Å². The number of carbonyl (C=O) groups is 1. The summed E-state index contributed by atoms with van der Waals surface area (Å²) in [5.41, 5.74) is 1.74. The van der Waals surface area contributed by atoms with E-state index in [0.717, 1.165) is 48.5 Å². The van der Waals surface area contributed by atoms with Crippen LogP contribution in [0.4, 0.5) is 5.82 Å². The number of rotatable bonds is 2. The number of hydrogen-bond acceptors (Lipinski definition) is 3. The van der Waals surface area contributed by atoms with Gasteiger partial charge in [0.1, 0.15) is 5.82 Å². The largest absolute Gasteiger partial charge is 0.356 e. The normalized spacial score (nSPS) is 26.4. The van der Waals surface area contributed by atoms with E-state index < -0.39 is 0 Å². The lowest BCUT2D eigenvalue weighted by Gasteiger charge is -2.36. The Morgan fingerprint density at radius 3 is 2.52 bits per heavy atom.